The van der Waals surface area contributed by atoms with Crippen molar-refractivity contribution in [3.05, 3.63) is 29.8 Å². The fraction of sp³-hybridized carbons (Fsp3) is 0.462. The second-order valence-corrected chi connectivity index (χ2v) is 4.86. The molecule has 94 valence electrons. The van der Waals surface area contributed by atoms with Crippen LogP contribution in [-0.2, 0) is 11.3 Å². The molecule has 2 N–H and O–H groups in total. The Morgan fingerprint density at radius 2 is 2.00 bits per heavy atom. The van der Waals surface area contributed by atoms with Crippen molar-refractivity contribution in [1.82, 2.24) is 10.6 Å². The Morgan fingerprint density at radius 1 is 1.29 bits per heavy atom. The molecule has 0 unspecified atom stereocenters. The van der Waals surface area contributed by atoms with Crippen molar-refractivity contribution in [2.24, 2.45) is 0 Å². The molecule has 1 rings (SSSR count). The highest BCUT2D eigenvalue weighted by Crippen LogP contribution is 2.17. The van der Waals surface area contributed by atoms with Gasteiger partial charge in [-0.25, -0.2) is 0 Å². The van der Waals surface area contributed by atoms with E-state index in [1.807, 2.05) is 14.0 Å². The SMILES string of the molecule is CCCNC(=O)CSc1ccc(CNC)cc1. The van der Waals surface area contributed by atoms with E-state index >= 15 is 0 Å². The smallest absolute Gasteiger partial charge is 0.230 e. The number of carbonyl (C=O) groups excluding carboxylic acids is 1. The summed E-state index contributed by atoms with van der Waals surface area (Å²) in [4.78, 5) is 12.5. The van der Waals surface area contributed by atoms with Gasteiger partial charge in [0.05, 0.1) is 5.75 Å². The monoisotopic (exact) mass is 252 g/mol. The standard InChI is InChI=1S/C13H20N2OS/c1-3-8-15-13(16)10-17-12-6-4-11(5-7-12)9-14-2/h4-7,14H,3,8-10H2,1-2H3,(H,15,16). The average molecular weight is 252 g/mol. The number of carbonyl (C=O) groups is 1. The Morgan fingerprint density at radius 3 is 2.59 bits per heavy atom. The molecule has 0 saturated carbocycles. The lowest BCUT2D eigenvalue weighted by Crippen LogP contribution is -2.25. The van der Waals surface area contributed by atoms with Gasteiger partial charge < -0.3 is 10.6 Å². The van der Waals surface area contributed by atoms with Crippen molar-refractivity contribution in [3.8, 4) is 0 Å². The summed E-state index contributed by atoms with van der Waals surface area (Å²) in [5, 5.41) is 5.97. The molecule has 0 spiro atoms. The maximum absolute atomic E-state index is 11.4. The summed E-state index contributed by atoms with van der Waals surface area (Å²) in [5.41, 5.74) is 1.26. The number of benzene rings is 1. The molecule has 0 atom stereocenters. The molecule has 0 saturated heterocycles. The van der Waals surface area contributed by atoms with Crippen LogP contribution < -0.4 is 10.6 Å². The molecule has 0 aliphatic rings. The largest absolute Gasteiger partial charge is 0.355 e. The average Bonchev–Trinajstić information content (AvgIpc) is 2.36. The highest BCUT2D eigenvalue weighted by Gasteiger charge is 2.01. The van der Waals surface area contributed by atoms with Crippen LogP contribution in [0.1, 0.15) is 18.9 Å². The van der Waals surface area contributed by atoms with Crippen molar-refractivity contribution >= 4 is 17.7 Å². The van der Waals surface area contributed by atoms with E-state index in [9.17, 15) is 4.79 Å². The quantitative estimate of drug-likeness (QED) is 0.730. The summed E-state index contributed by atoms with van der Waals surface area (Å²) in [7, 11) is 1.93. The van der Waals surface area contributed by atoms with E-state index in [0.717, 1.165) is 24.4 Å². The molecule has 0 bridgehead atoms. The zero-order valence-corrected chi connectivity index (χ0v) is 11.3. The van der Waals surface area contributed by atoms with E-state index in [-0.39, 0.29) is 5.91 Å². The molecule has 0 heterocycles. The number of hydrogen-bond acceptors (Lipinski definition) is 3. The molecule has 1 aromatic carbocycles. The normalized spacial score (nSPS) is 10.2. The first-order chi connectivity index (χ1) is 8.26. The van der Waals surface area contributed by atoms with Gasteiger partial charge in [0.2, 0.25) is 5.91 Å². The van der Waals surface area contributed by atoms with Gasteiger partial charge in [0, 0.05) is 18.0 Å². The molecular weight excluding hydrogens is 232 g/mol. The first-order valence-corrected chi connectivity index (χ1v) is 6.88. The first kappa shape index (κ1) is 14.1. The van der Waals surface area contributed by atoms with E-state index in [0.29, 0.717) is 5.75 Å². The molecule has 4 heteroatoms. The Kier molecular flexibility index (Phi) is 6.74. The van der Waals surface area contributed by atoms with Crippen LogP contribution in [0.25, 0.3) is 0 Å². The van der Waals surface area contributed by atoms with Gasteiger partial charge in [-0.2, -0.15) is 0 Å². The van der Waals surface area contributed by atoms with Crippen LogP contribution >= 0.6 is 11.8 Å². The van der Waals surface area contributed by atoms with Crippen LogP contribution in [0.4, 0.5) is 0 Å². The van der Waals surface area contributed by atoms with Crippen molar-refractivity contribution < 1.29 is 4.79 Å². The fourth-order valence-electron chi connectivity index (χ4n) is 1.37. The summed E-state index contributed by atoms with van der Waals surface area (Å²) in [6.45, 7) is 3.69. The maximum Gasteiger partial charge on any atom is 0.230 e. The molecule has 0 fully saturated rings. The van der Waals surface area contributed by atoms with Crippen LogP contribution in [-0.4, -0.2) is 25.3 Å². The Hall–Kier alpha value is -1.00. The van der Waals surface area contributed by atoms with Crippen molar-refractivity contribution in [2.75, 3.05) is 19.3 Å². The highest BCUT2D eigenvalue weighted by atomic mass is 32.2. The van der Waals surface area contributed by atoms with E-state index in [1.54, 1.807) is 11.8 Å². The molecule has 1 amide bonds. The molecule has 0 radical (unpaired) electrons. The predicted octanol–water partition coefficient (Wildman–Crippen LogP) is 2.02. The molecule has 1 aromatic rings. The second-order valence-electron chi connectivity index (χ2n) is 3.81. The third-order valence-electron chi connectivity index (χ3n) is 2.25. The lowest BCUT2D eigenvalue weighted by Gasteiger charge is -2.04. The summed E-state index contributed by atoms with van der Waals surface area (Å²) >= 11 is 1.57. The first-order valence-electron chi connectivity index (χ1n) is 5.89. The van der Waals surface area contributed by atoms with E-state index in [4.69, 9.17) is 0 Å². The van der Waals surface area contributed by atoms with Gasteiger partial charge in [-0.1, -0.05) is 19.1 Å². The summed E-state index contributed by atoms with van der Waals surface area (Å²) in [5.74, 6) is 0.599. The van der Waals surface area contributed by atoms with Crippen LogP contribution in [0.3, 0.4) is 0 Å². The minimum Gasteiger partial charge on any atom is -0.355 e. The number of nitrogens with one attached hydrogen (secondary N) is 2. The molecule has 17 heavy (non-hydrogen) atoms. The third-order valence-corrected chi connectivity index (χ3v) is 3.26. The van der Waals surface area contributed by atoms with Gasteiger partial charge >= 0.3 is 0 Å². The Bertz CT molecular complexity index is 338. The van der Waals surface area contributed by atoms with Crippen LogP contribution in [0.5, 0.6) is 0 Å². The van der Waals surface area contributed by atoms with Gasteiger partial charge in [-0.15, -0.1) is 11.8 Å². The zero-order valence-electron chi connectivity index (χ0n) is 10.5. The predicted molar refractivity (Wildman–Crippen MR) is 73.2 cm³/mol. The summed E-state index contributed by atoms with van der Waals surface area (Å²) in [6.07, 6.45) is 0.981. The van der Waals surface area contributed by atoms with Crippen LogP contribution in [0, 0.1) is 0 Å². The minimum absolute atomic E-state index is 0.108. The van der Waals surface area contributed by atoms with Crippen LogP contribution in [0.2, 0.25) is 0 Å². The molecule has 0 aliphatic carbocycles. The van der Waals surface area contributed by atoms with Crippen molar-refractivity contribution in [1.29, 1.82) is 0 Å². The van der Waals surface area contributed by atoms with Gasteiger partial charge in [-0.3, -0.25) is 4.79 Å². The van der Waals surface area contributed by atoms with Gasteiger partial charge in [0.25, 0.3) is 0 Å². The molecule has 0 aliphatic heterocycles. The molecule has 0 aromatic heterocycles. The van der Waals surface area contributed by atoms with E-state index in [2.05, 4.69) is 34.9 Å². The Labute approximate surface area is 107 Å². The van der Waals surface area contributed by atoms with Crippen molar-refractivity contribution in [2.45, 2.75) is 24.8 Å². The molecule has 3 nitrogen and oxygen atoms in total. The highest BCUT2D eigenvalue weighted by molar-refractivity contribution is 8.00. The van der Waals surface area contributed by atoms with Gasteiger partial charge in [0.1, 0.15) is 0 Å². The van der Waals surface area contributed by atoms with Crippen LogP contribution in [0.15, 0.2) is 29.2 Å². The number of thioether (sulfide) groups is 1. The number of hydrogen-bond donors (Lipinski definition) is 2. The third kappa shape index (κ3) is 5.75. The maximum atomic E-state index is 11.4. The molecular formula is C13H20N2OS. The van der Waals surface area contributed by atoms with Gasteiger partial charge in [-0.05, 0) is 31.2 Å². The van der Waals surface area contributed by atoms with E-state index < -0.39 is 0 Å². The topological polar surface area (TPSA) is 41.1 Å². The van der Waals surface area contributed by atoms with Crippen molar-refractivity contribution in [3.63, 3.8) is 0 Å². The number of amides is 1. The van der Waals surface area contributed by atoms with Gasteiger partial charge in [0.15, 0.2) is 0 Å². The number of rotatable bonds is 7. The summed E-state index contributed by atoms with van der Waals surface area (Å²) < 4.78 is 0. The zero-order chi connectivity index (χ0) is 12.5. The van der Waals surface area contributed by atoms with E-state index in [1.165, 1.54) is 5.56 Å². The minimum atomic E-state index is 0.108. The second kappa shape index (κ2) is 8.14. The Balaban J connectivity index is 2.34. The summed E-state index contributed by atoms with van der Waals surface area (Å²) in [6, 6.07) is 8.29. The fourth-order valence-corrected chi connectivity index (χ4v) is 2.10. The lowest BCUT2D eigenvalue weighted by atomic mass is 10.2. The lowest BCUT2D eigenvalue weighted by molar-refractivity contribution is -0.118.